The maximum Gasteiger partial charge on any atom is 0.217 e. The molecule has 0 saturated carbocycles. The lowest BCUT2D eigenvalue weighted by atomic mass is 9.97. The summed E-state index contributed by atoms with van der Waals surface area (Å²) in [5.41, 5.74) is 9.63. The molecule has 0 spiro atoms. The Kier molecular flexibility index (Phi) is 5.09. The summed E-state index contributed by atoms with van der Waals surface area (Å²) in [7, 11) is 0. The van der Waals surface area contributed by atoms with Gasteiger partial charge in [0.2, 0.25) is 5.91 Å². The second kappa shape index (κ2) is 7.02. The molecule has 0 bridgehead atoms. The van der Waals surface area contributed by atoms with E-state index in [1.807, 2.05) is 6.07 Å². The van der Waals surface area contributed by atoms with E-state index in [4.69, 9.17) is 5.73 Å². The molecular formula is C18H20FNO. The van der Waals surface area contributed by atoms with E-state index in [-0.39, 0.29) is 11.7 Å². The molecule has 1 amide bonds. The lowest BCUT2D eigenvalue weighted by molar-refractivity contribution is -0.117. The number of rotatable bonds is 6. The average molecular weight is 285 g/mol. The van der Waals surface area contributed by atoms with Crippen LogP contribution in [0.3, 0.4) is 0 Å². The third-order valence-corrected chi connectivity index (χ3v) is 3.48. The Bertz CT molecular complexity index is 637. The van der Waals surface area contributed by atoms with Crippen LogP contribution in [0.2, 0.25) is 0 Å². The minimum atomic E-state index is -0.288. The zero-order valence-corrected chi connectivity index (χ0v) is 12.2. The minimum absolute atomic E-state index is 0.215. The fraction of sp³-hybridized carbons (Fsp3) is 0.278. The first-order valence-corrected chi connectivity index (χ1v) is 7.21. The van der Waals surface area contributed by atoms with Gasteiger partial charge in [-0.1, -0.05) is 37.3 Å². The highest BCUT2D eigenvalue weighted by molar-refractivity contribution is 5.74. The minimum Gasteiger partial charge on any atom is -0.370 e. The topological polar surface area (TPSA) is 43.1 Å². The molecule has 0 heterocycles. The summed E-state index contributed by atoms with van der Waals surface area (Å²) in [4.78, 5) is 10.9. The quantitative estimate of drug-likeness (QED) is 0.868. The van der Waals surface area contributed by atoms with Crippen LogP contribution in [-0.4, -0.2) is 5.91 Å². The van der Waals surface area contributed by atoms with Crippen LogP contribution in [0, 0.1) is 5.82 Å². The van der Waals surface area contributed by atoms with Gasteiger partial charge in [0.1, 0.15) is 5.82 Å². The van der Waals surface area contributed by atoms with E-state index >= 15 is 0 Å². The zero-order valence-electron chi connectivity index (χ0n) is 12.2. The van der Waals surface area contributed by atoms with Gasteiger partial charge in [0.15, 0.2) is 0 Å². The van der Waals surface area contributed by atoms with Gasteiger partial charge in [-0.15, -0.1) is 0 Å². The van der Waals surface area contributed by atoms with Crippen LogP contribution in [0.25, 0.3) is 0 Å². The first-order chi connectivity index (χ1) is 10.1. The fourth-order valence-corrected chi connectivity index (χ4v) is 2.44. The van der Waals surface area contributed by atoms with E-state index in [2.05, 4.69) is 25.1 Å². The van der Waals surface area contributed by atoms with Crippen molar-refractivity contribution in [1.29, 1.82) is 0 Å². The van der Waals surface area contributed by atoms with E-state index in [0.717, 1.165) is 23.1 Å². The third-order valence-electron chi connectivity index (χ3n) is 3.48. The van der Waals surface area contributed by atoms with E-state index < -0.39 is 0 Å². The highest BCUT2D eigenvalue weighted by Crippen LogP contribution is 2.17. The molecule has 2 N–H and O–H groups in total. The summed E-state index contributed by atoms with van der Waals surface area (Å²) in [5.74, 6) is -0.503. The number of aryl methyl sites for hydroxylation is 2. The molecule has 0 aliphatic rings. The molecule has 2 aromatic carbocycles. The number of amides is 1. The Morgan fingerprint density at radius 1 is 1.05 bits per heavy atom. The molecule has 0 aromatic heterocycles. The van der Waals surface area contributed by atoms with Gasteiger partial charge in [0.25, 0.3) is 0 Å². The highest BCUT2D eigenvalue weighted by atomic mass is 19.1. The lowest BCUT2D eigenvalue weighted by Gasteiger charge is -2.09. The number of carbonyl (C=O) groups excluding carboxylic acids is 1. The van der Waals surface area contributed by atoms with E-state index in [0.29, 0.717) is 19.3 Å². The molecule has 0 atom stereocenters. The Hall–Kier alpha value is -2.16. The molecule has 110 valence electrons. The Labute approximate surface area is 124 Å². The molecule has 21 heavy (non-hydrogen) atoms. The van der Waals surface area contributed by atoms with Crippen LogP contribution in [0.1, 0.15) is 35.6 Å². The van der Waals surface area contributed by atoms with E-state index in [1.165, 1.54) is 11.6 Å². The maximum atomic E-state index is 13.3. The second-order valence-corrected chi connectivity index (χ2v) is 5.28. The van der Waals surface area contributed by atoms with Crippen molar-refractivity contribution in [2.45, 2.75) is 32.6 Å². The molecule has 2 nitrogen and oxygen atoms in total. The fourth-order valence-electron chi connectivity index (χ4n) is 2.44. The summed E-state index contributed by atoms with van der Waals surface area (Å²) >= 11 is 0. The first-order valence-electron chi connectivity index (χ1n) is 7.21. The number of nitrogens with two attached hydrogens (primary N) is 1. The van der Waals surface area contributed by atoms with Crippen molar-refractivity contribution in [2.75, 3.05) is 0 Å². The van der Waals surface area contributed by atoms with Crippen molar-refractivity contribution in [3.8, 4) is 0 Å². The Morgan fingerprint density at radius 2 is 1.76 bits per heavy atom. The predicted octanol–water partition coefficient (Wildman–Crippen LogP) is 3.40. The molecule has 0 radical (unpaired) electrons. The summed E-state index contributed by atoms with van der Waals surface area (Å²) < 4.78 is 13.3. The van der Waals surface area contributed by atoms with Crippen molar-refractivity contribution >= 4 is 5.91 Å². The number of carbonyl (C=O) groups is 1. The number of hydrogen-bond acceptors (Lipinski definition) is 1. The molecule has 0 unspecified atom stereocenters. The number of hydrogen-bond donors (Lipinski definition) is 1. The van der Waals surface area contributed by atoms with Gasteiger partial charge in [0.05, 0.1) is 0 Å². The number of benzene rings is 2. The van der Waals surface area contributed by atoms with Gasteiger partial charge in [-0.2, -0.15) is 0 Å². The van der Waals surface area contributed by atoms with Gasteiger partial charge in [0, 0.05) is 6.42 Å². The molecule has 2 aromatic rings. The van der Waals surface area contributed by atoms with Crippen LogP contribution in [0.4, 0.5) is 4.39 Å². The van der Waals surface area contributed by atoms with Gasteiger partial charge >= 0.3 is 0 Å². The Morgan fingerprint density at radius 3 is 2.43 bits per heavy atom. The normalized spacial score (nSPS) is 10.6. The van der Waals surface area contributed by atoms with Crippen molar-refractivity contribution in [1.82, 2.24) is 0 Å². The van der Waals surface area contributed by atoms with Crippen LogP contribution in [0.5, 0.6) is 0 Å². The molecular weight excluding hydrogens is 265 g/mol. The summed E-state index contributed by atoms with van der Waals surface area (Å²) in [6.07, 6.45) is 2.63. The van der Waals surface area contributed by atoms with Gasteiger partial charge in [-0.3, -0.25) is 4.79 Å². The molecule has 0 fully saturated rings. The summed E-state index contributed by atoms with van der Waals surface area (Å²) in [5, 5.41) is 0. The zero-order chi connectivity index (χ0) is 15.2. The standard InChI is InChI=1S/C18H20FNO/c1-2-13-8-15(6-7-18(20)21)11-16(9-13)10-14-4-3-5-17(19)12-14/h3-5,8-9,11-12H,2,6-7,10H2,1H3,(H2,20,21). The van der Waals surface area contributed by atoms with Crippen molar-refractivity contribution in [3.63, 3.8) is 0 Å². The van der Waals surface area contributed by atoms with Crippen molar-refractivity contribution in [3.05, 3.63) is 70.5 Å². The third kappa shape index (κ3) is 4.71. The maximum absolute atomic E-state index is 13.3. The monoisotopic (exact) mass is 285 g/mol. The molecule has 0 aliphatic heterocycles. The highest BCUT2D eigenvalue weighted by Gasteiger charge is 2.04. The van der Waals surface area contributed by atoms with Crippen LogP contribution in [-0.2, 0) is 24.1 Å². The SMILES string of the molecule is CCc1cc(CCC(N)=O)cc(Cc2cccc(F)c2)c1. The molecule has 0 saturated heterocycles. The lowest BCUT2D eigenvalue weighted by Crippen LogP contribution is -2.11. The van der Waals surface area contributed by atoms with Gasteiger partial charge in [-0.05, 0) is 53.6 Å². The van der Waals surface area contributed by atoms with Crippen molar-refractivity contribution in [2.24, 2.45) is 5.73 Å². The average Bonchev–Trinajstić information content (AvgIpc) is 2.45. The van der Waals surface area contributed by atoms with Crippen molar-refractivity contribution < 1.29 is 9.18 Å². The molecule has 2 rings (SSSR count). The van der Waals surface area contributed by atoms with Gasteiger partial charge < -0.3 is 5.73 Å². The van der Waals surface area contributed by atoms with Crippen LogP contribution < -0.4 is 5.73 Å². The van der Waals surface area contributed by atoms with E-state index in [1.54, 1.807) is 12.1 Å². The van der Waals surface area contributed by atoms with Crippen LogP contribution >= 0.6 is 0 Å². The molecule has 0 aliphatic carbocycles. The number of primary amides is 1. The molecule has 3 heteroatoms. The Balaban J connectivity index is 2.21. The van der Waals surface area contributed by atoms with Gasteiger partial charge in [-0.25, -0.2) is 4.39 Å². The number of halogens is 1. The van der Waals surface area contributed by atoms with Crippen LogP contribution in [0.15, 0.2) is 42.5 Å². The predicted molar refractivity (Wildman–Crippen MR) is 82.5 cm³/mol. The largest absolute Gasteiger partial charge is 0.370 e. The summed E-state index contributed by atoms with van der Waals surface area (Å²) in [6, 6.07) is 13.0. The van der Waals surface area contributed by atoms with E-state index in [9.17, 15) is 9.18 Å². The first kappa shape index (κ1) is 15.2. The summed E-state index contributed by atoms with van der Waals surface area (Å²) in [6.45, 7) is 2.10. The smallest absolute Gasteiger partial charge is 0.217 e. The second-order valence-electron chi connectivity index (χ2n) is 5.28.